The van der Waals surface area contributed by atoms with E-state index in [-0.39, 0.29) is 11.8 Å². The lowest BCUT2D eigenvalue weighted by molar-refractivity contribution is -0.122. The lowest BCUT2D eigenvalue weighted by Gasteiger charge is -2.20. The smallest absolute Gasteiger partial charge is 0.232 e. The Labute approximate surface area is 95.0 Å². The Morgan fingerprint density at radius 1 is 1.44 bits per heavy atom. The minimum atomic E-state index is 0.00236. The molecule has 2 N–H and O–H groups in total. The van der Waals surface area contributed by atoms with Crippen molar-refractivity contribution in [3.63, 3.8) is 0 Å². The van der Waals surface area contributed by atoms with Gasteiger partial charge in [-0.15, -0.1) is 0 Å². The van der Waals surface area contributed by atoms with Crippen LogP contribution in [0.3, 0.4) is 0 Å². The zero-order valence-electron chi connectivity index (χ0n) is 9.35. The van der Waals surface area contributed by atoms with Crippen molar-refractivity contribution in [3.05, 3.63) is 24.3 Å². The van der Waals surface area contributed by atoms with Gasteiger partial charge in [0.25, 0.3) is 0 Å². The van der Waals surface area contributed by atoms with E-state index in [1.807, 2.05) is 12.1 Å². The molecule has 4 nitrogen and oxygen atoms in total. The Morgan fingerprint density at radius 3 is 2.69 bits per heavy atom. The first-order chi connectivity index (χ1) is 7.68. The number of nitrogens with zero attached hydrogens (tertiary/aromatic N) is 1. The maximum atomic E-state index is 12.0. The van der Waals surface area contributed by atoms with E-state index in [9.17, 15) is 4.79 Å². The predicted molar refractivity (Wildman–Crippen MR) is 63.2 cm³/mol. The molecule has 1 unspecified atom stereocenters. The van der Waals surface area contributed by atoms with Crippen molar-refractivity contribution in [2.45, 2.75) is 6.42 Å². The monoisotopic (exact) mass is 220 g/mol. The van der Waals surface area contributed by atoms with Gasteiger partial charge in [0.05, 0.1) is 12.5 Å². The Bertz CT molecular complexity index is 369. The summed E-state index contributed by atoms with van der Waals surface area (Å²) in [6.45, 7) is 1.23. The van der Waals surface area contributed by atoms with Gasteiger partial charge in [-0.05, 0) is 30.7 Å². The van der Waals surface area contributed by atoms with E-state index in [0.717, 1.165) is 12.1 Å². The van der Waals surface area contributed by atoms with Crippen LogP contribution in [0.2, 0.25) is 0 Å². The zero-order chi connectivity index (χ0) is 11.5. The third-order valence-electron chi connectivity index (χ3n) is 2.89. The number of ether oxygens (including phenoxy) is 1. The van der Waals surface area contributed by atoms with Crippen molar-refractivity contribution in [3.8, 4) is 0 Å². The maximum Gasteiger partial charge on any atom is 0.232 e. The van der Waals surface area contributed by atoms with Gasteiger partial charge in [-0.1, -0.05) is 0 Å². The van der Waals surface area contributed by atoms with Crippen LogP contribution >= 0.6 is 0 Å². The Kier molecular flexibility index (Phi) is 3.10. The standard InChI is InChI=1S/C12H16N2O2/c1-14(11-4-2-10(13)3-5-11)12(15)9-6-7-16-8-9/h2-5,9H,6-8,13H2,1H3. The normalized spacial score (nSPS) is 19.7. The first kappa shape index (κ1) is 11.0. The van der Waals surface area contributed by atoms with Crippen molar-refractivity contribution >= 4 is 17.3 Å². The molecule has 86 valence electrons. The highest BCUT2D eigenvalue weighted by molar-refractivity contribution is 5.94. The van der Waals surface area contributed by atoms with Gasteiger partial charge in [-0.2, -0.15) is 0 Å². The predicted octanol–water partition coefficient (Wildman–Crippen LogP) is 1.27. The summed E-state index contributed by atoms with van der Waals surface area (Å²) >= 11 is 0. The lowest BCUT2D eigenvalue weighted by atomic mass is 10.1. The molecule has 0 saturated carbocycles. The molecule has 1 atom stereocenters. The fourth-order valence-electron chi connectivity index (χ4n) is 1.83. The van der Waals surface area contributed by atoms with Crippen LogP contribution in [-0.2, 0) is 9.53 Å². The van der Waals surface area contributed by atoms with Crippen molar-refractivity contribution in [2.75, 3.05) is 30.9 Å². The molecule has 1 fully saturated rings. The van der Waals surface area contributed by atoms with Gasteiger partial charge in [-0.25, -0.2) is 0 Å². The minimum absolute atomic E-state index is 0.00236. The van der Waals surface area contributed by atoms with E-state index in [4.69, 9.17) is 10.5 Å². The van der Waals surface area contributed by atoms with E-state index >= 15 is 0 Å². The average Bonchev–Trinajstić information content (AvgIpc) is 2.81. The van der Waals surface area contributed by atoms with E-state index < -0.39 is 0 Å². The number of benzene rings is 1. The molecule has 1 aliphatic rings. The molecule has 0 radical (unpaired) electrons. The van der Waals surface area contributed by atoms with E-state index in [0.29, 0.717) is 18.9 Å². The molecule has 1 aromatic rings. The highest BCUT2D eigenvalue weighted by Crippen LogP contribution is 2.20. The summed E-state index contributed by atoms with van der Waals surface area (Å²) in [5, 5.41) is 0. The first-order valence-corrected chi connectivity index (χ1v) is 5.39. The SMILES string of the molecule is CN(C(=O)C1CCOC1)c1ccc(N)cc1. The molecule has 0 aliphatic carbocycles. The average molecular weight is 220 g/mol. The van der Waals surface area contributed by atoms with E-state index in [2.05, 4.69) is 0 Å². The van der Waals surface area contributed by atoms with Gasteiger partial charge in [0.2, 0.25) is 5.91 Å². The Morgan fingerprint density at radius 2 is 2.12 bits per heavy atom. The van der Waals surface area contributed by atoms with Crippen LogP contribution in [0.5, 0.6) is 0 Å². The molecule has 1 aromatic carbocycles. The van der Waals surface area contributed by atoms with Crippen LogP contribution in [0.25, 0.3) is 0 Å². The summed E-state index contributed by atoms with van der Waals surface area (Å²) in [6, 6.07) is 7.29. The second-order valence-corrected chi connectivity index (χ2v) is 4.05. The fraction of sp³-hybridized carbons (Fsp3) is 0.417. The Hall–Kier alpha value is -1.55. The molecule has 0 bridgehead atoms. The molecular formula is C12H16N2O2. The molecule has 1 amide bonds. The summed E-state index contributed by atoms with van der Waals surface area (Å²) < 4.78 is 5.22. The van der Waals surface area contributed by atoms with Crippen molar-refractivity contribution < 1.29 is 9.53 Å². The number of carbonyl (C=O) groups excluding carboxylic acids is 1. The summed E-state index contributed by atoms with van der Waals surface area (Å²) in [7, 11) is 1.78. The second kappa shape index (κ2) is 4.53. The summed E-state index contributed by atoms with van der Waals surface area (Å²) in [5.41, 5.74) is 7.17. The number of rotatable bonds is 2. The maximum absolute atomic E-state index is 12.0. The third-order valence-corrected chi connectivity index (χ3v) is 2.89. The summed E-state index contributed by atoms with van der Waals surface area (Å²) in [6.07, 6.45) is 0.818. The largest absolute Gasteiger partial charge is 0.399 e. The summed E-state index contributed by atoms with van der Waals surface area (Å²) in [5.74, 6) is 0.116. The first-order valence-electron chi connectivity index (χ1n) is 5.39. The van der Waals surface area contributed by atoms with Gasteiger partial charge in [0.15, 0.2) is 0 Å². The van der Waals surface area contributed by atoms with Gasteiger partial charge < -0.3 is 15.4 Å². The number of hydrogen-bond acceptors (Lipinski definition) is 3. The van der Waals surface area contributed by atoms with Crippen LogP contribution < -0.4 is 10.6 Å². The molecular weight excluding hydrogens is 204 g/mol. The third kappa shape index (κ3) is 2.17. The van der Waals surface area contributed by atoms with Crippen LogP contribution in [0.15, 0.2) is 24.3 Å². The zero-order valence-corrected chi connectivity index (χ0v) is 9.35. The quantitative estimate of drug-likeness (QED) is 0.763. The molecule has 1 saturated heterocycles. The van der Waals surface area contributed by atoms with Gasteiger partial charge in [0, 0.05) is 25.0 Å². The van der Waals surface area contributed by atoms with E-state index in [1.54, 1.807) is 24.1 Å². The van der Waals surface area contributed by atoms with Crippen molar-refractivity contribution in [1.29, 1.82) is 0 Å². The van der Waals surface area contributed by atoms with Crippen molar-refractivity contribution in [2.24, 2.45) is 5.92 Å². The minimum Gasteiger partial charge on any atom is -0.399 e. The van der Waals surface area contributed by atoms with Crippen LogP contribution in [-0.4, -0.2) is 26.2 Å². The lowest BCUT2D eigenvalue weighted by Crippen LogP contribution is -2.33. The number of nitrogen functional groups attached to an aromatic ring is 1. The molecule has 4 heteroatoms. The second-order valence-electron chi connectivity index (χ2n) is 4.05. The topological polar surface area (TPSA) is 55.6 Å². The Balaban J connectivity index is 2.08. The fourth-order valence-corrected chi connectivity index (χ4v) is 1.83. The number of hydrogen-bond donors (Lipinski definition) is 1. The highest BCUT2D eigenvalue weighted by atomic mass is 16.5. The van der Waals surface area contributed by atoms with Gasteiger partial charge >= 0.3 is 0 Å². The molecule has 1 heterocycles. The van der Waals surface area contributed by atoms with Crippen LogP contribution in [0.1, 0.15) is 6.42 Å². The molecule has 2 rings (SSSR count). The summed E-state index contributed by atoms with van der Waals surface area (Å²) in [4.78, 5) is 13.7. The van der Waals surface area contributed by atoms with E-state index in [1.165, 1.54) is 0 Å². The number of carbonyl (C=O) groups is 1. The van der Waals surface area contributed by atoms with Crippen LogP contribution in [0.4, 0.5) is 11.4 Å². The van der Waals surface area contributed by atoms with Crippen LogP contribution in [0, 0.1) is 5.92 Å². The van der Waals surface area contributed by atoms with Gasteiger partial charge in [0.1, 0.15) is 0 Å². The highest BCUT2D eigenvalue weighted by Gasteiger charge is 2.26. The number of amides is 1. The van der Waals surface area contributed by atoms with Gasteiger partial charge in [-0.3, -0.25) is 4.79 Å². The number of anilines is 2. The molecule has 16 heavy (non-hydrogen) atoms. The molecule has 0 aromatic heterocycles. The number of nitrogens with two attached hydrogens (primary N) is 1. The molecule has 0 spiro atoms. The van der Waals surface area contributed by atoms with Crippen molar-refractivity contribution in [1.82, 2.24) is 0 Å². The molecule has 1 aliphatic heterocycles.